The highest BCUT2D eigenvalue weighted by molar-refractivity contribution is 5.96. The van der Waals surface area contributed by atoms with Crippen molar-refractivity contribution in [3.05, 3.63) is 144 Å². The minimum absolute atomic E-state index is 0.0422. The summed E-state index contributed by atoms with van der Waals surface area (Å²) in [5.41, 5.74) is 3.52. The Hall–Kier alpha value is -7.24. The molecule has 17 nitrogen and oxygen atoms in total. The van der Waals surface area contributed by atoms with Gasteiger partial charge >= 0.3 is 0 Å². The Morgan fingerprint density at radius 3 is 1.21 bits per heavy atom. The van der Waals surface area contributed by atoms with Crippen molar-refractivity contribution in [1.82, 2.24) is 47.0 Å². The zero-order valence-electron chi connectivity index (χ0n) is 50.7. The molecule has 5 fully saturated rings. The van der Waals surface area contributed by atoms with Crippen LogP contribution in [-0.4, -0.2) is 126 Å². The number of nitrogens with zero attached hydrogens (tertiary/aromatic N) is 2. The molecular weight excluding hydrogens is 1080 g/mol. The predicted molar refractivity (Wildman–Crippen MR) is 331 cm³/mol. The molecule has 7 amide bonds. The van der Waals surface area contributed by atoms with Gasteiger partial charge in [0.2, 0.25) is 41.4 Å². The highest BCUT2D eigenvalue weighted by atomic mass is 16.2. The maximum Gasteiger partial charge on any atom is 0.246 e. The summed E-state index contributed by atoms with van der Waals surface area (Å²) in [4.78, 5) is 119. The first kappa shape index (κ1) is 63.3. The number of hydrogen-bond acceptors (Lipinski definition) is 10. The van der Waals surface area contributed by atoms with Crippen molar-refractivity contribution in [1.29, 1.82) is 0 Å². The Balaban J connectivity index is 0.886. The molecule has 8 atom stereocenters. The molecule has 4 aromatic rings. The number of Topliss-reactive ketones (excluding diaryl/α,β-unsaturated/α-hetero) is 1. The third-order valence-electron chi connectivity index (χ3n) is 19.4. The van der Waals surface area contributed by atoms with Gasteiger partial charge in [-0.3, -0.25) is 38.4 Å². The van der Waals surface area contributed by atoms with Gasteiger partial charge in [-0.25, -0.2) is 0 Å². The Morgan fingerprint density at radius 1 is 0.442 bits per heavy atom. The van der Waals surface area contributed by atoms with E-state index in [9.17, 15) is 28.8 Å². The van der Waals surface area contributed by atoms with Crippen LogP contribution >= 0.6 is 0 Å². The summed E-state index contributed by atoms with van der Waals surface area (Å²) < 4.78 is 0. The van der Waals surface area contributed by atoms with Crippen molar-refractivity contribution < 1.29 is 38.4 Å². The summed E-state index contributed by atoms with van der Waals surface area (Å²) in [6.07, 6.45) is 11.5. The average molecular weight is 1170 g/mol. The van der Waals surface area contributed by atoms with Crippen LogP contribution in [0.25, 0.3) is 0 Å². The van der Waals surface area contributed by atoms with Crippen LogP contribution in [0.2, 0.25) is 0 Å². The monoisotopic (exact) mass is 1170 g/mol. The third kappa shape index (κ3) is 15.8. The molecule has 460 valence electrons. The smallest absolute Gasteiger partial charge is 0.246 e. The van der Waals surface area contributed by atoms with Crippen LogP contribution in [0.1, 0.15) is 157 Å². The Morgan fingerprint density at radius 2 is 0.814 bits per heavy atom. The molecule has 4 aromatic carbocycles. The summed E-state index contributed by atoms with van der Waals surface area (Å²) in [6.45, 7) is 3.77. The van der Waals surface area contributed by atoms with Gasteiger partial charge in [-0.1, -0.05) is 160 Å². The van der Waals surface area contributed by atoms with Crippen molar-refractivity contribution in [2.45, 2.75) is 177 Å². The number of carbonyl (C=O) groups excluding carboxylic acids is 8. The van der Waals surface area contributed by atoms with Gasteiger partial charge in [0, 0.05) is 37.4 Å². The van der Waals surface area contributed by atoms with E-state index in [0.29, 0.717) is 25.7 Å². The molecule has 2 aliphatic heterocycles. The molecule has 3 saturated carbocycles. The van der Waals surface area contributed by atoms with E-state index in [2.05, 4.69) is 37.2 Å². The van der Waals surface area contributed by atoms with Gasteiger partial charge < -0.3 is 47.0 Å². The quantitative estimate of drug-likeness (QED) is 0.0395. The first-order valence-corrected chi connectivity index (χ1v) is 31.9. The standard InChI is InChI=1S/C69H91N9O8/c1-44(70-3)63(80)75-61(52-31-19-9-20-32-52)68(85)77-42-46(39-56(77)66(83)73-59(48-23-11-5-12-24-48)49-25-13-6-14-26-49)40-58(79)47-35-37-54(38-36-47)65(82)72-55-41-57(67(84)74-60(50-27-15-7-16-28-50)51-29-17-8-18-30-51)78(43-55)69(86)62(53-33-21-10-22-34-53)76-64(81)45(2)71-4/h5-8,11-18,23-30,44-47,52-57,59-62,70-71H,9-10,19-22,31-43H2,1-4H3,(H,72,82)(H,73,83)(H,74,84)(H,75,80)(H,76,81)/t44-,45-,46+,47?,54?,55-,56?,57-,61-,62-/m0/s1. The second-order valence-electron chi connectivity index (χ2n) is 25.1. The second-order valence-corrected chi connectivity index (χ2v) is 25.1. The van der Waals surface area contributed by atoms with Crippen molar-refractivity contribution in [3.63, 3.8) is 0 Å². The lowest BCUT2D eigenvalue weighted by atomic mass is 9.77. The van der Waals surface area contributed by atoms with Gasteiger partial charge in [-0.15, -0.1) is 0 Å². The molecule has 9 rings (SSSR count). The largest absolute Gasteiger partial charge is 0.351 e. The third-order valence-corrected chi connectivity index (χ3v) is 19.4. The minimum atomic E-state index is -0.943. The molecule has 0 aromatic heterocycles. The van der Waals surface area contributed by atoms with Gasteiger partial charge in [0.1, 0.15) is 30.0 Å². The van der Waals surface area contributed by atoms with E-state index < -0.39 is 60.3 Å². The highest BCUT2D eigenvalue weighted by Gasteiger charge is 2.48. The molecular formula is C69H91N9O8. The Labute approximate surface area is 508 Å². The number of nitrogens with one attached hydrogen (secondary N) is 7. The second kappa shape index (κ2) is 30.4. The van der Waals surface area contributed by atoms with E-state index in [0.717, 1.165) is 86.5 Å². The molecule has 86 heavy (non-hydrogen) atoms. The summed E-state index contributed by atoms with van der Waals surface area (Å²) >= 11 is 0. The molecule has 5 aliphatic rings. The van der Waals surface area contributed by atoms with E-state index in [4.69, 9.17) is 0 Å². The fraction of sp³-hybridized carbons (Fsp3) is 0.536. The van der Waals surface area contributed by atoms with Crippen LogP contribution in [-0.2, 0) is 38.4 Å². The molecule has 1 unspecified atom stereocenters. The highest BCUT2D eigenvalue weighted by Crippen LogP contribution is 2.37. The molecule has 3 aliphatic carbocycles. The number of carbonyl (C=O) groups is 8. The lowest BCUT2D eigenvalue weighted by molar-refractivity contribution is -0.143. The van der Waals surface area contributed by atoms with E-state index in [1.54, 1.807) is 37.7 Å². The summed E-state index contributed by atoms with van der Waals surface area (Å²) in [5, 5.41) is 22.0. The number of likely N-dealkylation sites (tertiary alicyclic amines) is 2. The summed E-state index contributed by atoms with van der Waals surface area (Å²) in [5.74, 6) is -3.29. The van der Waals surface area contributed by atoms with Crippen LogP contribution in [0.15, 0.2) is 121 Å². The van der Waals surface area contributed by atoms with Gasteiger partial charge in [-0.2, -0.15) is 0 Å². The maximum absolute atomic E-state index is 15.1. The van der Waals surface area contributed by atoms with Gasteiger partial charge in [0.05, 0.1) is 24.2 Å². The number of rotatable bonds is 23. The molecule has 7 N–H and O–H groups in total. The van der Waals surface area contributed by atoms with Crippen LogP contribution < -0.4 is 37.2 Å². The van der Waals surface area contributed by atoms with Gasteiger partial charge in [0.15, 0.2) is 0 Å². The van der Waals surface area contributed by atoms with Crippen LogP contribution in [0, 0.1) is 29.6 Å². The SMILES string of the molecule is CN[C@@H](C)C(=O)N[C@H](C(=O)N1C[C@@H](CC(=O)C2CCC(C(=O)N[C@H]3C[C@@H](C(=O)NC(c4ccccc4)c4ccccc4)N(C(=O)[C@@H](NC(=O)[C@H](C)NC)C4CCCCC4)C3)CC2)CC1C(=O)NC(c1ccccc1)c1ccccc1)C1CCCCC1. The van der Waals surface area contributed by atoms with E-state index in [-0.39, 0.29) is 103 Å². The van der Waals surface area contributed by atoms with Crippen molar-refractivity contribution >= 4 is 47.1 Å². The van der Waals surface area contributed by atoms with Gasteiger partial charge in [0.25, 0.3) is 0 Å². The first-order chi connectivity index (χ1) is 41.7. The Kier molecular flexibility index (Phi) is 22.4. The van der Waals surface area contributed by atoms with Crippen LogP contribution in [0.5, 0.6) is 0 Å². The van der Waals surface area contributed by atoms with E-state index in [1.807, 2.05) is 121 Å². The average Bonchev–Trinajstić information content (AvgIpc) is 2.33. The minimum Gasteiger partial charge on any atom is -0.351 e. The summed E-state index contributed by atoms with van der Waals surface area (Å²) in [7, 11) is 3.40. The molecule has 17 heteroatoms. The van der Waals surface area contributed by atoms with Crippen molar-refractivity contribution in [2.75, 3.05) is 27.2 Å². The number of benzene rings is 4. The number of amides is 7. The fourth-order valence-corrected chi connectivity index (χ4v) is 14.1. The Bertz CT molecular complexity index is 2640. The topological polar surface area (TPSA) is 227 Å². The molecule has 0 spiro atoms. The van der Waals surface area contributed by atoms with E-state index in [1.165, 1.54) is 0 Å². The van der Waals surface area contributed by atoms with Crippen LogP contribution in [0.3, 0.4) is 0 Å². The lowest BCUT2D eigenvalue weighted by Crippen LogP contribution is -2.58. The predicted octanol–water partition coefficient (Wildman–Crippen LogP) is 7.21. The zero-order valence-corrected chi connectivity index (χ0v) is 50.7. The van der Waals surface area contributed by atoms with Gasteiger partial charge in [-0.05, 0) is 132 Å². The normalized spacial score (nSPS) is 23.4. The molecule has 2 heterocycles. The number of likely N-dealkylation sites (N-methyl/N-ethyl adjacent to an activating group) is 2. The zero-order chi connectivity index (χ0) is 60.7. The first-order valence-electron chi connectivity index (χ1n) is 31.9. The fourth-order valence-electron chi connectivity index (χ4n) is 14.1. The van der Waals surface area contributed by atoms with Crippen molar-refractivity contribution in [2.24, 2.45) is 29.6 Å². The van der Waals surface area contributed by atoms with E-state index >= 15 is 9.59 Å². The maximum atomic E-state index is 15.1. The number of ketones is 1. The number of hydrogen-bond donors (Lipinski definition) is 7. The summed E-state index contributed by atoms with van der Waals surface area (Å²) in [6, 6.07) is 32.6. The van der Waals surface area contributed by atoms with Crippen molar-refractivity contribution in [3.8, 4) is 0 Å². The van der Waals surface area contributed by atoms with Crippen LogP contribution in [0.4, 0.5) is 0 Å². The molecule has 2 saturated heterocycles. The molecule has 0 radical (unpaired) electrons. The molecule has 0 bridgehead atoms. The lowest BCUT2D eigenvalue weighted by Gasteiger charge is -2.35.